The Hall–Kier alpha value is -3.52. The molecule has 1 N–H and O–H groups in total. The van der Waals surface area contributed by atoms with Gasteiger partial charge in [0.15, 0.2) is 5.13 Å². The van der Waals surface area contributed by atoms with E-state index in [9.17, 15) is 14.4 Å². The lowest BCUT2D eigenvalue weighted by molar-refractivity contribution is -0.116. The van der Waals surface area contributed by atoms with E-state index in [0.717, 1.165) is 27.5 Å². The number of thiazole rings is 1. The summed E-state index contributed by atoms with van der Waals surface area (Å²) in [4.78, 5) is 42.8. The van der Waals surface area contributed by atoms with Crippen molar-refractivity contribution in [2.75, 3.05) is 19.0 Å². The number of hydrogen-bond acceptors (Lipinski definition) is 6. The highest BCUT2D eigenvalue weighted by Gasteiger charge is 2.35. The van der Waals surface area contributed by atoms with Gasteiger partial charge in [0.25, 0.3) is 11.8 Å². The molecule has 30 heavy (non-hydrogen) atoms. The van der Waals surface area contributed by atoms with E-state index in [-0.39, 0.29) is 30.7 Å². The van der Waals surface area contributed by atoms with Gasteiger partial charge in [-0.05, 0) is 43.3 Å². The molecule has 1 aliphatic rings. The molecule has 0 atom stereocenters. The average molecular weight is 421 g/mol. The van der Waals surface area contributed by atoms with Gasteiger partial charge in [-0.3, -0.25) is 19.3 Å². The maximum atomic E-state index is 12.5. The van der Waals surface area contributed by atoms with Crippen molar-refractivity contribution in [3.05, 3.63) is 64.5 Å². The molecule has 3 amide bonds. The summed E-state index contributed by atoms with van der Waals surface area (Å²) in [6.45, 7) is 1.89. The van der Waals surface area contributed by atoms with Crippen LogP contribution in [-0.2, 0) is 4.79 Å². The molecule has 0 bridgehead atoms. The summed E-state index contributed by atoms with van der Waals surface area (Å²) in [7, 11) is 1.61. The van der Waals surface area contributed by atoms with E-state index in [2.05, 4.69) is 10.3 Å². The summed E-state index contributed by atoms with van der Waals surface area (Å²) in [5, 5.41) is 5.05. The molecule has 1 aromatic heterocycles. The summed E-state index contributed by atoms with van der Waals surface area (Å²) in [6.07, 6.45) is 0.00188. The van der Waals surface area contributed by atoms with Gasteiger partial charge in [0, 0.05) is 23.9 Å². The van der Waals surface area contributed by atoms with Crippen LogP contribution in [0.15, 0.2) is 47.8 Å². The fourth-order valence-corrected chi connectivity index (χ4v) is 3.96. The largest absolute Gasteiger partial charge is 0.497 e. The van der Waals surface area contributed by atoms with Gasteiger partial charge in [0.2, 0.25) is 5.91 Å². The fourth-order valence-electron chi connectivity index (χ4n) is 3.23. The standard InChI is InChI=1S/C22H19N3O4S/c1-13-3-8-16-17(11-13)21(28)25(20(16)27)10-9-19(26)24-22-23-18(12-30-22)14-4-6-15(29-2)7-5-14/h3-8,11-12H,9-10H2,1-2H3,(H,23,24,26). The number of anilines is 1. The molecule has 2 aromatic carbocycles. The predicted molar refractivity (Wildman–Crippen MR) is 114 cm³/mol. The van der Waals surface area contributed by atoms with Crippen LogP contribution in [0.4, 0.5) is 5.13 Å². The van der Waals surface area contributed by atoms with Crippen LogP contribution in [0.3, 0.4) is 0 Å². The molecule has 0 saturated carbocycles. The molecule has 1 aliphatic heterocycles. The Balaban J connectivity index is 1.36. The zero-order valence-electron chi connectivity index (χ0n) is 16.5. The SMILES string of the molecule is COc1ccc(-c2csc(NC(=O)CCN3C(=O)c4ccc(C)cc4C3=O)n2)cc1. The number of carbonyl (C=O) groups is 3. The quantitative estimate of drug-likeness (QED) is 0.613. The average Bonchev–Trinajstić information content (AvgIpc) is 3.30. The first-order valence-corrected chi connectivity index (χ1v) is 10.2. The van der Waals surface area contributed by atoms with Gasteiger partial charge in [0.1, 0.15) is 5.75 Å². The Morgan fingerprint density at radius 2 is 1.83 bits per heavy atom. The van der Waals surface area contributed by atoms with Crippen molar-refractivity contribution in [1.29, 1.82) is 0 Å². The molecule has 7 nitrogen and oxygen atoms in total. The summed E-state index contributed by atoms with van der Waals surface area (Å²) < 4.78 is 5.15. The molecule has 3 aromatic rings. The lowest BCUT2D eigenvalue weighted by atomic mass is 10.1. The highest BCUT2D eigenvalue weighted by Crippen LogP contribution is 2.27. The third kappa shape index (κ3) is 3.81. The monoisotopic (exact) mass is 421 g/mol. The van der Waals surface area contributed by atoms with E-state index in [4.69, 9.17) is 4.74 Å². The van der Waals surface area contributed by atoms with Crippen molar-refractivity contribution >= 4 is 34.2 Å². The van der Waals surface area contributed by atoms with Crippen LogP contribution in [0.5, 0.6) is 5.75 Å². The lowest BCUT2D eigenvalue weighted by Gasteiger charge is -2.12. The second-order valence-electron chi connectivity index (χ2n) is 6.88. The Morgan fingerprint density at radius 1 is 1.10 bits per heavy atom. The number of aromatic nitrogens is 1. The Morgan fingerprint density at radius 3 is 2.57 bits per heavy atom. The summed E-state index contributed by atoms with van der Waals surface area (Å²) >= 11 is 1.31. The van der Waals surface area contributed by atoms with Gasteiger partial charge in [-0.1, -0.05) is 11.6 Å². The van der Waals surface area contributed by atoms with Crippen molar-refractivity contribution in [2.45, 2.75) is 13.3 Å². The van der Waals surface area contributed by atoms with Crippen LogP contribution in [0.25, 0.3) is 11.3 Å². The van der Waals surface area contributed by atoms with Crippen LogP contribution in [0.1, 0.15) is 32.7 Å². The van der Waals surface area contributed by atoms with E-state index < -0.39 is 0 Å². The molecule has 2 heterocycles. The third-order valence-corrected chi connectivity index (χ3v) is 5.58. The Kier molecular flexibility index (Phi) is 5.33. The molecule has 8 heteroatoms. The highest BCUT2D eigenvalue weighted by atomic mass is 32.1. The van der Waals surface area contributed by atoms with Crippen molar-refractivity contribution < 1.29 is 19.1 Å². The second-order valence-corrected chi connectivity index (χ2v) is 7.73. The van der Waals surface area contributed by atoms with Crippen molar-refractivity contribution in [1.82, 2.24) is 9.88 Å². The van der Waals surface area contributed by atoms with E-state index >= 15 is 0 Å². The Bertz CT molecular complexity index is 1140. The van der Waals surface area contributed by atoms with Crippen LogP contribution in [0, 0.1) is 6.92 Å². The van der Waals surface area contributed by atoms with Gasteiger partial charge in [-0.25, -0.2) is 4.98 Å². The number of ether oxygens (including phenoxy) is 1. The van der Waals surface area contributed by atoms with Gasteiger partial charge in [-0.15, -0.1) is 11.3 Å². The number of benzene rings is 2. The number of fused-ring (bicyclic) bond motifs is 1. The first-order valence-electron chi connectivity index (χ1n) is 9.33. The van der Waals surface area contributed by atoms with Crippen LogP contribution >= 0.6 is 11.3 Å². The number of nitrogens with zero attached hydrogens (tertiary/aromatic N) is 2. The van der Waals surface area contributed by atoms with Gasteiger partial charge in [0.05, 0.1) is 23.9 Å². The molecular formula is C22H19N3O4S. The number of amides is 3. The molecule has 0 fully saturated rings. The summed E-state index contributed by atoms with van der Waals surface area (Å²) in [6, 6.07) is 12.6. The maximum Gasteiger partial charge on any atom is 0.261 e. The van der Waals surface area contributed by atoms with Crippen LogP contribution < -0.4 is 10.1 Å². The zero-order valence-corrected chi connectivity index (χ0v) is 17.3. The molecule has 0 saturated heterocycles. The van der Waals surface area contributed by atoms with E-state index in [1.807, 2.05) is 36.6 Å². The van der Waals surface area contributed by atoms with Crippen LogP contribution in [0.2, 0.25) is 0 Å². The number of nitrogens with one attached hydrogen (secondary N) is 1. The maximum absolute atomic E-state index is 12.5. The topological polar surface area (TPSA) is 88.6 Å². The molecule has 0 unspecified atom stereocenters. The molecule has 0 radical (unpaired) electrons. The summed E-state index contributed by atoms with van der Waals surface area (Å²) in [5.74, 6) is -0.273. The third-order valence-electron chi connectivity index (χ3n) is 4.82. The van der Waals surface area contributed by atoms with E-state index in [1.165, 1.54) is 11.3 Å². The number of carbonyl (C=O) groups excluding carboxylic acids is 3. The van der Waals surface area contributed by atoms with Gasteiger partial charge in [-0.2, -0.15) is 0 Å². The highest BCUT2D eigenvalue weighted by molar-refractivity contribution is 7.14. The normalized spacial score (nSPS) is 12.8. The van der Waals surface area contributed by atoms with Gasteiger partial charge >= 0.3 is 0 Å². The number of rotatable bonds is 6. The first-order chi connectivity index (χ1) is 14.5. The van der Waals surface area contributed by atoms with Gasteiger partial charge < -0.3 is 10.1 Å². The predicted octanol–water partition coefficient (Wildman–Crippen LogP) is 3.75. The Labute approximate surface area is 177 Å². The molecule has 0 aliphatic carbocycles. The number of imide groups is 1. The molecular weight excluding hydrogens is 402 g/mol. The summed E-state index contributed by atoms with van der Waals surface area (Å²) in [5.41, 5.74) is 3.34. The molecule has 4 rings (SSSR count). The van der Waals surface area contributed by atoms with Crippen molar-refractivity contribution in [3.63, 3.8) is 0 Å². The molecule has 152 valence electrons. The van der Waals surface area contributed by atoms with Crippen molar-refractivity contribution in [2.24, 2.45) is 0 Å². The van der Waals surface area contributed by atoms with Crippen molar-refractivity contribution in [3.8, 4) is 17.0 Å². The zero-order chi connectivity index (χ0) is 21.3. The minimum Gasteiger partial charge on any atom is -0.497 e. The first kappa shape index (κ1) is 19.8. The number of hydrogen-bond donors (Lipinski definition) is 1. The lowest BCUT2D eigenvalue weighted by Crippen LogP contribution is -2.32. The molecule has 0 spiro atoms. The van der Waals surface area contributed by atoms with E-state index in [0.29, 0.717) is 16.3 Å². The second kappa shape index (κ2) is 8.08. The number of methoxy groups -OCH3 is 1. The fraction of sp³-hybridized carbons (Fsp3) is 0.182. The minimum atomic E-state index is -0.362. The smallest absolute Gasteiger partial charge is 0.261 e. The minimum absolute atomic E-state index is 0.00188. The van der Waals surface area contributed by atoms with E-state index in [1.54, 1.807) is 25.3 Å². The van der Waals surface area contributed by atoms with Crippen LogP contribution in [-0.4, -0.2) is 41.3 Å². The number of aryl methyl sites for hydroxylation is 1.